The molecule has 21 heavy (non-hydrogen) atoms. The molecule has 0 saturated heterocycles. The first-order valence-electron chi connectivity index (χ1n) is 9.56. The second-order valence-electron chi connectivity index (χ2n) is 9.35. The van der Waals surface area contributed by atoms with E-state index in [1.807, 2.05) is 0 Å². The highest BCUT2D eigenvalue weighted by molar-refractivity contribution is 5.22. The molecule has 5 rings (SSSR count). The maximum Gasteiger partial charge on any atom is 0.0321 e. The van der Waals surface area contributed by atoms with Crippen molar-refractivity contribution in [3.63, 3.8) is 0 Å². The van der Waals surface area contributed by atoms with Gasteiger partial charge in [0.25, 0.3) is 0 Å². The van der Waals surface area contributed by atoms with Crippen LogP contribution in [0.1, 0.15) is 84.0 Å². The average Bonchev–Trinajstić information content (AvgIpc) is 2.45. The quantitative estimate of drug-likeness (QED) is 0.826. The fraction of sp³-hybridized carbons (Fsp3) is 1.00. The summed E-state index contributed by atoms with van der Waals surface area (Å²) in [7, 11) is 0. The lowest BCUT2D eigenvalue weighted by molar-refractivity contribution is -0.166. The molecule has 120 valence electrons. The van der Waals surface area contributed by atoms with Crippen LogP contribution in [0.2, 0.25) is 0 Å². The molecule has 5 aliphatic rings. The van der Waals surface area contributed by atoms with Crippen LogP contribution in [0.4, 0.5) is 0 Å². The predicted octanol–water partition coefficient (Wildman–Crippen LogP) is 3.97. The summed E-state index contributed by atoms with van der Waals surface area (Å²) < 4.78 is 0. The summed E-state index contributed by atoms with van der Waals surface area (Å²) in [6.45, 7) is 2.34. The van der Waals surface area contributed by atoms with E-state index in [2.05, 4.69) is 6.92 Å². The van der Waals surface area contributed by atoms with Gasteiger partial charge in [-0.1, -0.05) is 32.6 Å². The fourth-order valence-corrected chi connectivity index (χ4v) is 7.71. The third-order valence-electron chi connectivity index (χ3n) is 7.94. The van der Waals surface area contributed by atoms with Gasteiger partial charge in [-0.05, 0) is 74.0 Å². The van der Waals surface area contributed by atoms with Crippen LogP contribution in [0.5, 0.6) is 0 Å². The number of rotatable bonds is 3. The first-order valence-corrected chi connectivity index (χ1v) is 9.56. The van der Waals surface area contributed by atoms with Gasteiger partial charge in [0.15, 0.2) is 0 Å². The largest absolute Gasteiger partial charge is 0.326 e. The van der Waals surface area contributed by atoms with Crippen molar-refractivity contribution in [3.05, 3.63) is 0 Å². The smallest absolute Gasteiger partial charge is 0.0321 e. The van der Waals surface area contributed by atoms with E-state index >= 15 is 0 Å². The molecule has 5 aliphatic carbocycles. The van der Waals surface area contributed by atoms with Crippen molar-refractivity contribution >= 4 is 0 Å². The van der Waals surface area contributed by atoms with Gasteiger partial charge >= 0.3 is 0 Å². The minimum atomic E-state index is -0.0357. The first kappa shape index (κ1) is 14.5. The summed E-state index contributed by atoms with van der Waals surface area (Å²) in [5.41, 5.74) is 14.7. The standard InChI is InChI=1S/C19H34N2/c1-2-8-17-9-14-10-18(12-17,15-6-4-3-5-7-15)13-19(21,11-14)16(17)20/h14-16H,2-13,20-21H2,1H3. The van der Waals surface area contributed by atoms with Crippen LogP contribution in [0.15, 0.2) is 0 Å². The van der Waals surface area contributed by atoms with Gasteiger partial charge in [-0.2, -0.15) is 0 Å². The topological polar surface area (TPSA) is 52.0 Å². The van der Waals surface area contributed by atoms with E-state index < -0.39 is 0 Å². The Hall–Kier alpha value is -0.0800. The lowest BCUT2D eigenvalue weighted by Crippen LogP contribution is -2.75. The van der Waals surface area contributed by atoms with Crippen LogP contribution < -0.4 is 11.5 Å². The molecule has 4 bridgehead atoms. The Bertz CT molecular complexity index is 416. The van der Waals surface area contributed by atoms with E-state index in [9.17, 15) is 0 Å². The van der Waals surface area contributed by atoms with Gasteiger partial charge in [-0.25, -0.2) is 0 Å². The van der Waals surface area contributed by atoms with Gasteiger partial charge in [0.05, 0.1) is 0 Å². The van der Waals surface area contributed by atoms with Crippen LogP contribution in [-0.2, 0) is 0 Å². The summed E-state index contributed by atoms with van der Waals surface area (Å²) >= 11 is 0. The van der Waals surface area contributed by atoms with Crippen LogP contribution in [0, 0.1) is 22.7 Å². The van der Waals surface area contributed by atoms with Crippen molar-refractivity contribution < 1.29 is 0 Å². The zero-order valence-electron chi connectivity index (χ0n) is 13.9. The van der Waals surface area contributed by atoms with Crippen molar-refractivity contribution in [3.8, 4) is 0 Å². The lowest BCUT2D eigenvalue weighted by Gasteiger charge is -2.70. The summed E-state index contributed by atoms with van der Waals surface area (Å²) in [6.07, 6.45) is 16.7. The molecular weight excluding hydrogens is 256 g/mol. The zero-order valence-corrected chi connectivity index (χ0v) is 13.9. The molecule has 0 aromatic rings. The maximum absolute atomic E-state index is 6.95. The Kier molecular flexibility index (Phi) is 3.25. The number of hydrogen-bond donors (Lipinski definition) is 2. The minimum Gasteiger partial charge on any atom is -0.326 e. The van der Waals surface area contributed by atoms with Crippen LogP contribution in [0.25, 0.3) is 0 Å². The first-order chi connectivity index (χ1) is 10.0. The average molecular weight is 290 g/mol. The summed E-state index contributed by atoms with van der Waals surface area (Å²) in [4.78, 5) is 0. The van der Waals surface area contributed by atoms with Crippen molar-refractivity contribution in [2.45, 2.75) is 95.6 Å². The Labute approximate surface area is 130 Å². The second-order valence-corrected chi connectivity index (χ2v) is 9.35. The molecular formula is C19H34N2. The molecule has 5 saturated carbocycles. The highest BCUT2D eigenvalue weighted by Gasteiger charge is 2.67. The van der Waals surface area contributed by atoms with Crippen molar-refractivity contribution in [1.82, 2.24) is 0 Å². The van der Waals surface area contributed by atoms with Gasteiger partial charge in [0.2, 0.25) is 0 Å². The lowest BCUT2D eigenvalue weighted by atomic mass is 9.37. The summed E-state index contributed by atoms with van der Waals surface area (Å²) in [5.74, 6) is 1.84. The molecule has 0 radical (unpaired) electrons. The van der Waals surface area contributed by atoms with E-state index in [1.165, 1.54) is 77.0 Å². The van der Waals surface area contributed by atoms with Gasteiger partial charge in [-0.15, -0.1) is 0 Å². The normalized spacial score (nSPS) is 53.3. The highest BCUT2D eigenvalue weighted by Crippen LogP contribution is 2.69. The Balaban J connectivity index is 1.70. The molecule has 0 aliphatic heterocycles. The molecule has 0 amide bonds. The fourth-order valence-electron chi connectivity index (χ4n) is 7.71. The molecule has 2 nitrogen and oxygen atoms in total. The summed E-state index contributed by atoms with van der Waals surface area (Å²) in [6, 6.07) is 0.262. The maximum atomic E-state index is 6.95. The van der Waals surface area contributed by atoms with Crippen molar-refractivity contribution in [2.24, 2.45) is 34.1 Å². The molecule has 0 heterocycles. The predicted molar refractivity (Wildman–Crippen MR) is 87.8 cm³/mol. The summed E-state index contributed by atoms with van der Waals surface area (Å²) in [5, 5.41) is 0. The number of hydrogen-bond acceptors (Lipinski definition) is 2. The van der Waals surface area contributed by atoms with E-state index in [0.717, 1.165) is 11.8 Å². The molecule has 5 unspecified atom stereocenters. The SMILES string of the molecule is CCCC12CC3CC(N)(CC(C4CCCCC4)(C3)C1)C2N. The van der Waals surface area contributed by atoms with E-state index in [4.69, 9.17) is 11.5 Å². The van der Waals surface area contributed by atoms with E-state index in [1.54, 1.807) is 0 Å². The van der Waals surface area contributed by atoms with Gasteiger partial charge in [0.1, 0.15) is 0 Å². The highest BCUT2D eigenvalue weighted by atomic mass is 14.9. The van der Waals surface area contributed by atoms with E-state index in [0.29, 0.717) is 10.8 Å². The molecule has 4 N–H and O–H groups in total. The Morgan fingerprint density at radius 3 is 2.48 bits per heavy atom. The van der Waals surface area contributed by atoms with Gasteiger partial charge in [0, 0.05) is 11.6 Å². The molecule has 5 fully saturated rings. The second kappa shape index (κ2) is 4.71. The van der Waals surface area contributed by atoms with Crippen molar-refractivity contribution in [1.29, 1.82) is 0 Å². The molecule has 0 spiro atoms. The van der Waals surface area contributed by atoms with E-state index in [-0.39, 0.29) is 11.6 Å². The molecule has 2 heteroatoms. The molecule has 0 aromatic heterocycles. The van der Waals surface area contributed by atoms with Gasteiger partial charge < -0.3 is 11.5 Å². The van der Waals surface area contributed by atoms with Crippen LogP contribution in [0.3, 0.4) is 0 Å². The van der Waals surface area contributed by atoms with Crippen LogP contribution in [-0.4, -0.2) is 11.6 Å². The Morgan fingerprint density at radius 1 is 1.00 bits per heavy atom. The van der Waals surface area contributed by atoms with Crippen LogP contribution >= 0.6 is 0 Å². The molecule has 5 atom stereocenters. The van der Waals surface area contributed by atoms with Gasteiger partial charge in [-0.3, -0.25) is 0 Å². The zero-order chi connectivity index (χ0) is 14.7. The number of nitrogens with two attached hydrogens (primary N) is 2. The third-order valence-corrected chi connectivity index (χ3v) is 7.94. The Morgan fingerprint density at radius 2 is 1.76 bits per heavy atom. The monoisotopic (exact) mass is 290 g/mol. The molecule has 0 aromatic carbocycles. The minimum absolute atomic E-state index is 0.0357. The van der Waals surface area contributed by atoms with Crippen molar-refractivity contribution in [2.75, 3.05) is 0 Å². The third kappa shape index (κ3) is 1.97.